The molecule has 3 saturated heterocycles. The molecular formula is C26H27N3O3. The van der Waals surface area contributed by atoms with Crippen molar-refractivity contribution in [1.82, 2.24) is 4.90 Å². The van der Waals surface area contributed by atoms with Crippen molar-refractivity contribution in [3.63, 3.8) is 0 Å². The third-order valence-corrected chi connectivity index (χ3v) is 8.19. The summed E-state index contributed by atoms with van der Waals surface area (Å²) in [6.45, 7) is 8.72. The van der Waals surface area contributed by atoms with E-state index >= 15 is 0 Å². The van der Waals surface area contributed by atoms with Crippen LogP contribution >= 0.6 is 0 Å². The number of hydrogen-bond donors (Lipinski definition) is 1. The summed E-state index contributed by atoms with van der Waals surface area (Å²) in [6, 6.07) is 9.69. The highest BCUT2D eigenvalue weighted by Gasteiger charge is 2.74. The Morgan fingerprint density at radius 2 is 1.72 bits per heavy atom. The molecule has 4 aliphatic heterocycles. The summed E-state index contributed by atoms with van der Waals surface area (Å²) in [6.07, 6.45) is 1.75. The first-order chi connectivity index (χ1) is 15.3. The summed E-state index contributed by atoms with van der Waals surface area (Å²) < 4.78 is 0. The zero-order valence-electron chi connectivity index (χ0n) is 18.9. The molecule has 6 heteroatoms. The van der Waals surface area contributed by atoms with Gasteiger partial charge >= 0.3 is 0 Å². The Morgan fingerprint density at radius 3 is 2.47 bits per heavy atom. The molecule has 0 saturated carbocycles. The summed E-state index contributed by atoms with van der Waals surface area (Å²) in [5, 5.41) is 3.09. The quantitative estimate of drug-likeness (QED) is 0.706. The van der Waals surface area contributed by atoms with E-state index in [1.807, 2.05) is 52.0 Å². The van der Waals surface area contributed by atoms with Crippen LogP contribution in [-0.4, -0.2) is 35.2 Å². The Hall–Kier alpha value is -2.99. The van der Waals surface area contributed by atoms with E-state index in [-0.39, 0.29) is 23.8 Å². The van der Waals surface area contributed by atoms with Crippen molar-refractivity contribution in [3.05, 3.63) is 58.1 Å². The highest BCUT2D eigenvalue weighted by molar-refractivity contribution is 6.26. The molecule has 3 amide bonds. The number of carbonyl (C=O) groups excluding carboxylic acids is 3. The van der Waals surface area contributed by atoms with Crippen LogP contribution in [0.15, 0.2) is 30.3 Å². The van der Waals surface area contributed by atoms with Gasteiger partial charge in [-0.2, -0.15) is 0 Å². The molecule has 1 N–H and O–H groups in total. The number of amides is 3. The second-order valence-corrected chi connectivity index (χ2v) is 9.91. The molecular weight excluding hydrogens is 402 g/mol. The Balaban J connectivity index is 1.57. The molecule has 0 bridgehead atoms. The maximum absolute atomic E-state index is 14.0. The van der Waals surface area contributed by atoms with Crippen LogP contribution < -0.4 is 10.2 Å². The number of carbonyl (C=O) groups is 3. The molecule has 0 unspecified atom stereocenters. The van der Waals surface area contributed by atoms with Crippen molar-refractivity contribution >= 4 is 29.1 Å². The van der Waals surface area contributed by atoms with Crippen LogP contribution in [0.2, 0.25) is 0 Å². The van der Waals surface area contributed by atoms with E-state index in [1.165, 1.54) is 4.90 Å². The fraction of sp³-hybridized carbons (Fsp3) is 0.423. The number of anilines is 2. The van der Waals surface area contributed by atoms with E-state index < -0.39 is 17.4 Å². The summed E-state index contributed by atoms with van der Waals surface area (Å²) in [5.41, 5.74) is 5.36. The van der Waals surface area contributed by atoms with Gasteiger partial charge in [0.1, 0.15) is 5.54 Å². The van der Waals surface area contributed by atoms with Gasteiger partial charge in [0, 0.05) is 17.3 Å². The number of benzene rings is 2. The topological polar surface area (TPSA) is 69.7 Å². The minimum absolute atomic E-state index is 0.0921. The molecule has 0 aromatic heterocycles. The normalized spacial score (nSPS) is 30.8. The third-order valence-electron chi connectivity index (χ3n) is 8.19. The Bertz CT molecular complexity index is 1240. The van der Waals surface area contributed by atoms with E-state index in [9.17, 15) is 14.4 Å². The molecule has 6 rings (SSSR count). The van der Waals surface area contributed by atoms with Crippen LogP contribution in [0.3, 0.4) is 0 Å². The molecule has 0 radical (unpaired) electrons. The van der Waals surface area contributed by atoms with Crippen molar-refractivity contribution in [3.8, 4) is 0 Å². The lowest BCUT2D eigenvalue weighted by atomic mass is 9.75. The van der Waals surface area contributed by atoms with Crippen molar-refractivity contribution in [2.75, 3.05) is 16.8 Å². The average Bonchev–Trinajstić information content (AvgIpc) is 3.44. The van der Waals surface area contributed by atoms with Gasteiger partial charge in [0.25, 0.3) is 0 Å². The highest BCUT2D eigenvalue weighted by atomic mass is 16.2. The summed E-state index contributed by atoms with van der Waals surface area (Å²) in [5.74, 6) is -1.78. The lowest BCUT2D eigenvalue weighted by Gasteiger charge is -2.37. The van der Waals surface area contributed by atoms with Crippen LogP contribution in [0.1, 0.15) is 40.7 Å². The number of nitrogens with one attached hydrogen (secondary N) is 1. The Kier molecular flexibility index (Phi) is 3.87. The van der Waals surface area contributed by atoms with Crippen LogP contribution in [-0.2, 0) is 19.9 Å². The number of rotatable bonds is 1. The maximum atomic E-state index is 14.0. The zero-order chi connectivity index (χ0) is 22.5. The first kappa shape index (κ1) is 19.7. The van der Waals surface area contributed by atoms with E-state index in [4.69, 9.17) is 0 Å². The molecule has 3 fully saturated rings. The second kappa shape index (κ2) is 6.29. The molecule has 4 heterocycles. The Labute approximate surface area is 187 Å². The average molecular weight is 430 g/mol. The fourth-order valence-electron chi connectivity index (χ4n) is 6.78. The first-order valence-corrected chi connectivity index (χ1v) is 11.4. The zero-order valence-corrected chi connectivity index (χ0v) is 18.9. The molecule has 164 valence electrons. The minimum Gasteiger partial charge on any atom is -0.324 e. The highest BCUT2D eigenvalue weighted by Crippen LogP contribution is 2.61. The second-order valence-electron chi connectivity index (χ2n) is 9.91. The van der Waals surface area contributed by atoms with Gasteiger partial charge in [0.05, 0.1) is 17.5 Å². The van der Waals surface area contributed by atoms with Gasteiger partial charge in [0.2, 0.25) is 17.7 Å². The molecule has 4 atom stereocenters. The summed E-state index contributed by atoms with van der Waals surface area (Å²) in [7, 11) is 0. The Morgan fingerprint density at radius 1 is 0.938 bits per heavy atom. The van der Waals surface area contributed by atoms with Gasteiger partial charge in [-0.1, -0.05) is 23.8 Å². The third kappa shape index (κ3) is 2.16. The molecule has 4 aliphatic rings. The molecule has 1 spiro atoms. The number of imide groups is 1. The lowest BCUT2D eigenvalue weighted by molar-refractivity contribution is -0.135. The van der Waals surface area contributed by atoms with Crippen LogP contribution in [0.5, 0.6) is 0 Å². The van der Waals surface area contributed by atoms with E-state index in [0.717, 1.165) is 52.9 Å². The molecule has 6 nitrogen and oxygen atoms in total. The van der Waals surface area contributed by atoms with Crippen LogP contribution in [0.4, 0.5) is 11.4 Å². The largest absolute Gasteiger partial charge is 0.324 e. The number of aryl methyl sites for hydroxylation is 4. The smallest absolute Gasteiger partial charge is 0.250 e. The summed E-state index contributed by atoms with van der Waals surface area (Å²) in [4.78, 5) is 45.1. The minimum atomic E-state index is -1.11. The van der Waals surface area contributed by atoms with Crippen molar-refractivity contribution in [1.29, 1.82) is 0 Å². The standard InChI is InChI=1S/C26H27N3O3/c1-13-10-16(4)22-18(11-13)26(25(32)27-22)21-20(19-6-5-9-28(19)26)23(30)29(24(21)31)17-8-7-14(2)15(3)12-17/h7-8,10-12,19-21H,5-6,9H2,1-4H3,(H,27,32)/t19-,20+,21-,26+/m0/s1. The van der Waals surface area contributed by atoms with Crippen molar-refractivity contribution < 1.29 is 14.4 Å². The SMILES string of the molecule is Cc1cc(C)c2c(c1)[C@]1(C(=O)N2)[C@@H]2C(=O)N(c3ccc(C)c(C)c3)C(=O)[C@@H]2[C@@H]2CCCN21. The first-order valence-electron chi connectivity index (χ1n) is 11.4. The van der Waals surface area contributed by atoms with Crippen LogP contribution in [0, 0.1) is 39.5 Å². The van der Waals surface area contributed by atoms with Gasteiger partial charge in [-0.25, -0.2) is 4.90 Å². The predicted octanol–water partition coefficient (Wildman–Crippen LogP) is 3.35. The van der Waals surface area contributed by atoms with E-state index in [1.54, 1.807) is 0 Å². The molecule has 2 aromatic carbocycles. The van der Waals surface area contributed by atoms with E-state index in [2.05, 4.69) is 16.3 Å². The number of nitrogens with zero attached hydrogens (tertiary/aromatic N) is 2. The van der Waals surface area contributed by atoms with Gasteiger partial charge in [-0.3, -0.25) is 19.3 Å². The van der Waals surface area contributed by atoms with Gasteiger partial charge < -0.3 is 5.32 Å². The summed E-state index contributed by atoms with van der Waals surface area (Å²) >= 11 is 0. The maximum Gasteiger partial charge on any atom is 0.250 e. The number of hydrogen-bond acceptors (Lipinski definition) is 4. The van der Waals surface area contributed by atoms with Crippen molar-refractivity contribution in [2.24, 2.45) is 11.8 Å². The molecule has 0 aliphatic carbocycles. The molecule has 2 aromatic rings. The molecule has 32 heavy (non-hydrogen) atoms. The number of fused-ring (bicyclic) bond motifs is 7. The lowest BCUT2D eigenvalue weighted by Crippen LogP contribution is -2.54. The van der Waals surface area contributed by atoms with Crippen molar-refractivity contribution in [2.45, 2.75) is 52.1 Å². The van der Waals surface area contributed by atoms with Gasteiger partial charge in [-0.05, 0) is 75.9 Å². The van der Waals surface area contributed by atoms with Crippen LogP contribution in [0.25, 0.3) is 0 Å². The predicted molar refractivity (Wildman–Crippen MR) is 121 cm³/mol. The fourth-order valence-corrected chi connectivity index (χ4v) is 6.78. The van der Waals surface area contributed by atoms with Gasteiger partial charge in [0.15, 0.2) is 0 Å². The van der Waals surface area contributed by atoms with Gasteiger partial charge in [-0.15, -0.1) is 0 Å². The van der Waals surface area contributed by atoms with E-state index in [0.29, 0.717) is 5.69 Å². The monoisotopic (exact) mass is 429 g/mol.